The average molecular weight is 1170 g/mol. The Morgan fingerprint density at radius 3 is 1.68 bits per heavy atom. The van der Waals surface area contributed by atoms with Gasteiger partial charge in [-0.15, -0.1) is 11.8 Å². The summed E-state index contributed by atoms with van der Waals surface area (Å²) >= 11 is 1.11. The van der Waals surface area contributed by atoms with Gasteiger partial charge in [0.15, 0.2) is 6.10 Å². The van der Waals surface area contributed by atoms with Crippen LogP contribution in [0.3, 0.4) is 0 Å². The van der Waals surface area contributed by atoms with Crippen molar-refractivity contribution < 1.29 is 91.9 Å². The van der Waals surface area contributed by atoms with Crippen LogP contribution in [0.4, 0.5) is 0 Å². The van der Waals surface area contributed by atoms with Gasteiger partial charge in [-0.25, -0.2) is 9.13 Å². The van der Waals surface area contributed by atoms with Gasteiger partial charge in [0.25, 0.3) is 0 Å². The van der Waals surface area contributed by atoms with Gasteiger partial charge >= 0.3 is 33.6 Å². The standard InChI is InChI=1S/C55H93NO19P2S/c1-3-5-7-9-11-13-15-17-18-19-20-21-22-23-24-26-28-30-32-34-39-48(60)73-43(41-72-77(69,70)75-54-52(64)50(62)49(61)51(63)53(54)74-76(66,67)68)40-71-55(65)44(56)42-78-46(45(57)36-35-38-47(58)59)37-33-31-29-27-25-16-14-12-10-8-6-4-2/h12-15,18-19,21-22,25,27,29,31,33,37,43-46,49-54,57,61-64H,3-11,16-17,20,23-24,26,28,30,32,34-36,38-42,56H2,1-2H3,(H,58,59)(H,69,70)(H2,66,67,68)/b14-12-,15-13-,19-18-,22-21-,27-25-,31-29+,37-33+/t43-,44+,45+,46-,49+,50+,51-,52-,53-,54+/m1/s1. The highest BCUT2D eigenvalue weighted by molar-refractivity contribution is 8.00. The number of allylic oxidation sites excluding steroid dienone is 13. The second kappa shape index (κ2) is 44.6. The average Bonchev–Trinajstić information content (AvgIpc) is 3.39. The second-order valence-electron chi connectivity index (χ2n) is 19.2. The fraction of sp³-hybridized carbons (Fsp3) is 0.691. The molecule has 11 atom stereocenters. The molecular formula is C55H93NO19P2S. The number of ether oxygens (including phenoxy) is 2. The van der Waals surface area contributed by atoms with Crippen LogP contribution in [0.25, 0.3) is 0 Å². The first-order valence-electron chi connectivity index (χ1n) is 27.6. The van der Waals surface area contributed by atoms with Gasteiger partial charge in [-0.2, -0.15) is 0 Å². The number of aliphatic hydroxyl groups is 5. The van der Waals surface area contributed by atoms with Crippen LogP contribution in [-0.4, -0.2) is 142 Å². The maximum Gasteiger partial charge on any atom is 0.472 e. The number of unbranched alkanes of at least 4 members (excludes halogenated alkanes) is 13. The molecule has 1 fully saturated rings. The SMILES string of the molecule is CCCCC/C=C\C\C=C/C=C/C=C/[C@@H](SC[C@H](N)C(=O)OC[C@H](COP(=O)(O)O[C@H]1[C@H](O)[C@@H](O)[C@H](O)[C@@H](O)[C@H]1OP(=O)(O)O)OC(=O)CCCCCCCC/C=C\C/C=C\C/C=C\CCCCCC)[C@@H](O)CCCC(=O)O. The molecule has 0 radical (unpaired) electrons. The van der Waals surface area contributed by atoms with E-state index in [0.717, 1.165) is 88.8 Å². The number of phosphoric ester groups is 2. The van der Waals surface area contributed by atoms with Crippen LogP contribution in [0.2, 0.25) is 0 Å². The van der Waals surface area contributed by atoms with Crippen molar-refractivity contribution >= 4 is 45.3 Å². The minimum absolute atomic E-state index is 0.0850. The van der Waals surface area contributed by atoms with Crippen LogP contribution >= 0.6 is 27.4 Å². The third kappa shape index (κ3) is 37.0. The molecule has 23 heteroatoms. The number of phosphoric acid groups is 2. The zero-order valence-corrected chi connectivity index (χ0v) is 48.3. The van der Waals surface area contributed by atoms with Gasteiger partial charge in [0.05, 0.1) is 12.7 Å². The quantitative estimate of drug-likeness (QED) is 0.00895. The number of hydrogen-bond donors (Lipinski definition) is 10. The van der Waals surface area contributed by atoms with Crippen LogP contribution < -0.4 is 5.73 Å². The summed E-state index contributed by atoms with van der Waals surface area (Å²) in [6, 6.07) is -1.32. The predicted molar refractivity (Wildman–Crippen MR) is 302 cm³/mol. The third-order valence-corrected chi connectivity index (χ3v) is 15.1. The molecule has 1 aliphatic rings. The fourth-order valence-corrected chi connectivity index (χ4v) is 10.4. The topological polar surface area (TPSA) is 340 Å². The molecule has 20 nitrogen and oxygen atoms in total. The zero-order chi connectivity index (χ0) is 58.0. The lowest BCUT2D eigenvalue weighted by Gasteiger charge is -2.43. The van der Waals surface area contributed by atoms with E-state index >= 15 is 0 Å². The Bertz CT molecular complexity index is 1940. The van der Waals surface area contributed by atoms with Crippen LogP contribution in [0.15, 0.2) is 85.1 Å². The molecule has 1 unspecified atom stereocenters. The zero-order valence-electron chi connectivity index (χ0n) is 45.7. The van der Waals surface area contributed by atoms with Crippen molar-refractivity contribution in [1.29, 1.82) is 0 Å². The molecule has 448 valence electrons. The Hall–Kier alpha value is -3.08. The smallest absolute Gasteiger partial charge is 0.472 e. The summed E-state index contributed by atoms with van der Waals surface area (Å²) in [5.74, 6) is -2.90. The monoisotopic (exact) mass is 1170 g/mol. The Labute approximate surface area is 466 Å². The van der Waals surface area contributed by atoms with E-state index in [2.05, 4.69) is 67.0 Å². The van der Waals surface area contributed by atoms with Crippen LogP contribution in [0, 0.1) is 0 Å². The summed E-state index contributed by atoms with van der Waals surface area (Å²) in [7, 11) is -11.0. The number of carboxylic acids is 1. The summed E-state index contributed by atoms with van der Waals surface area (Å²) in [5.41, 5.74) is 6.19. The number of hydrogen-bond acceptors (Lipinski definition) is 17. The minimum atomic E-state index is -5.51. The number of aliphatic hydroxyl groups excluding tert-OH is 5. The van der Waals surface area contributed by atoms with Gasteiger partial charge in [0, 0.05) is 23.8 Å². The molecule has 1 saturated carbocycles. The Morgan fingerprint density at radius 1 is 0.603 bits per heavy atom. The van der Waals surface area contributed by atoms with E-state index < -0.39 is 107 Å². The van der Waals surface area contributed by atoms with Gasteiger partial charge < -0.3 is 60.5 Å². The fourth-order valence-electron chi connectivity index (χ4n) is 7.76. The van der Waals surface area contributed by atoms with E-state index in [1.807, 2.05) is 18.2 Å². The molecule has 0 aromatic rings. The molecule has 0 aliphatic heterocycles. The molecule has 1 rings (SSSR count). The molecule has 0 saturated heterocycles. The van der Waals surface area contributed by atoms with Crippen molar-refractivity contribution in [1.82, 2.24) is 0 Å². The molecule has 0 amide bonds. The normalized spacial score (nSPS) is 21.9. The largest absolute Gasteiger partial charge is 0.481 e. The van der Waals surface area contributed by atoms with E-state index in [1.165, 1.54) is 32.1 Å². The number of carbonyl (C=O) groups excluding carboxylic acids is 2. The third-order valence-electron chi connectivity index (χ3n) is 12.2. The van der Waals surface area contributed by atoms with Crippen LogP contribution in [0.1, 0.15) is 162 Å². The molecule has 0 bridgehead atoms. The summed E-state index contributed by atoms with van der Waals surface area (Å²) in [5, 5.41) is 60.7. The lowest BCUT2D eigenvalue weighted by atomic mass is 9.85. The Kier molecular flexibility index (Phi) is 41.7. The number of rotatable bonds is 46. The van der Waals surface area contributed by atoms with Gasteiger partial charge in [0.1, 0.15) is 49.3 Å². The molecule has 78 heavy (non-hydrogen) atoms. The van der Waals surface area contributed by atoms with E-state index in [9.17, 15) is 63.7 Å². The molecule has 0 aromatic carbocycles. The number of aliphatic carboxylic acids is 1. The van der Waals surface area contributed by atoms with E-state index in [0.29, 0.717) is 12.8 Å². The molecule has 0 spiro atoms. The number of nitrogens with two attached hydrogens (primary N) is 1. The highest BCUT2D eigenvalue weighted by Gasteiger charge is 2.54. The first kappa shape index (κ1) is 72.9. The molecule has 0 aromatic heterocycles. The lowest BCUT2D eigenvalue weighted by molar-refractivity contribution is -0.216. The van der Waals surface area contributed by atoms with E-state index in [4.69, 9.17) is 29.4 Å². The summed E-state index contributed by atoms with van der Waals surface area (Å²) in [6.07, 6.45) is 31.1. The van der Waals surface area contributed by atoms with Crippen molar-refractivity contribution in [3.8, 4) is 0 Å². The summed E-state index contributed by atoms with van der Waals surface area (Å²) in [4.78, 5) is 66.8. The van der Waals surface area contributed by atoms with Gasteiger partial charge in [-0.1, -0.05) is 157 Å². The molecule has 1 aliphatic carbocycles. The van der Waals surface area contributed by atoms with Crippen molar-refractivity contribution in [2.75, 3.05) is 19.0 Å². The highest BCUT2D eigenvalue weighted by atomic mass is 32.2. The van der Waals surface area contributed by atoms with Gasteiger partial charge in [-0.05, 0) is 77.0 Å². The maximum atomic E-state index is 13.2. The van der Waals surface area contributed by atoms with Crippen molar-refractivity contribution in [3.63, 3.8) is 0 Å². The number of carboxylic acid groups (broad SMARTS) is 1. The predicted octanol–water partition coefficient (Wildman–Crippen LogP) is 8.66. The molecular weight excluding hydrogens is 1070 g/mol. The summed E-state index contributed by atoms with van der Waals surface area (Å²) < 4.78 is 50.1. The maximum absolute atomic E-state index is 13.2. The van der Waals surface area contributed by atoms with E-state index in [1.54, 1.807) is 18.2 Å². The Morgan fingerprint density at radius 2 is 1.10 bits per heavy atom. The summed E-state index contributed by atoms with van der Waals surface area (Å²) in [6.45, 7) is 2.59. The minimum Gasteiger partial charge on any atom is -0.481 e. The van der Waals surface area contributed by atoms with E-state index in [-0.39, 0.29) is 31.4 Å². The second-order valence-corrected chi connectivity index (χ2v) is 23.0. The van der Waals surface area contributed by atoms with Crippen LogP contribution in [-0.2, 0) is 46.6 Å². The van der Waals surface area contributed by atoms with Crippen molar-refractivity contribution in [3.05, 3.63) is 85.1 Å². The Balaban J connectivity index is 2.94. The molecule has 0 heterocycles. The highest BCUT2D eigenvalue weighted by Crippen LogP contribution is 2.50. The van der Waals surface area contributed by atoms with Gasteiger partial charge in [0.2, 0.25) is 0 Å². The number of esters is 2. The number of thioether (sulfide) groups is 1. The number of carbonyl (C=O) groups is 3. The lowest BCUT2D eigenvalue weighted by Crippen LogP contribution is -2.64. The van der Waals surface area contributed by atoms with Gasteiger partial charge in [-0.3, -0.25) is 28.0 Å². The van der Waals surface area contributed by atoms with Crippen LogP contribution in [0.5, 0.6) is 0 Å². The van der Waals surface area contributed by atoms with Crippen molar-refractivity contribution in [2.24, 2.45) is 5.73 Å². The van der Waals surface area contributed by atoms with Crippen molar-refractivity contribution in [2.45, 2.75) is 222 Å². The molecule has 11 N–H and O–H groups in total. The first-order valence-corrected chi connectivity index (χ1v) is 31.6. The first-order chi connectivity index (χ1) is 37.2.